The maximum absolute atomic E-state index is 9.32. The molecule has 1 saturated carbocycles. The van der Waals surface area contributed by atoms with Crippen molar-refractivity contribution in [1.29, 1.82) is 0 Å². The Balaban J connectivity index is 2.05. The Morgan fingerprint density at radius 2 is 1.85 bits per heavy atom. The van der Waals surface area contributed by atoms with Gasteiger partial charge < -0.3 is 10.0 Å². The van der Waals surface area contributed by atoms with Gasteiger partial charge in [-0.25, -0.2) is 0 Å². The molecule has 0 radical (unpaired) electrons. The van der Waals surface area contributed by atoms with Crippen molar-refractivity contribution in [3.63, 3.8) is 0 Å². The number of allylic oxidation sites excluding steroid dienone is 2. The van der Waals surface area contributed by atoms with Crippen LogP contribution in [0.1, 0.15) is 6.42 Å². The second-order valence-corrected chi connectivity index (χ2v) is 4.72. The summed E-state index contributed by atoms with van der Waals surface area (Å²) in [5, 5.41) is 9.32. The maximum atomic E-state index is 9.32. The molecule has 0 saturated heterocycles. The summed E-state index contributed by atoms with van der Waals surface area (Å²) in [6.45, 7) is 1.49. The Labute approximate surface area is 80.2 Å². The van der Waals surface area contributed by atoms with Gasteiger partial charge in [0.25, 0.3) is 0 Å². The number of aliphatic hydroxyl groups is 1. The van der Waals surface area contributed by atoms with Gasteiger partial charge in [0.2, 0.25) is 0 Å². The smallest absolute Gasteiger partial charge is 0.0468 e. The fraction of sp³-hybridized carbons (Fsp3) is 0.818. The molecule has 0 aliphatic heterocycles. The Morgan fingerprint density at radius 1 is 1.23 bits per heavy atom. The highest BCUT2D eigenvalue weighted by atomic mass is 16.3. The lowest BCUT2D eigenvalue weighted by atomic mass is 9.83. The number of hydrogen-bond acceptors (Lipinski definition) is 2. The van der Waals surface area contributed by atoms with Crippen LogP contribution in [0.3, 0.4) is 0 Å². The molecule has 0 aromatic carbocycles. The quantitative estimate of drug-likeness (QED) is 0.656. The second kappa shape index (κ2) is 3.43. The molecule has 2 nitrogen and oxygen atoms in total. The topological polar surface area (TPSA) is 23.5 Å². The average molecular weight is 181 g/mol. The molecule has 0 aromatic rings. The normalized spacial score (nSPS) is 42.2. The van der Waals surface area contributed by atoms with E-state index in [1.54, 1.807) is 0 Å². The number of hydrogen-bond donors (Lipinski definition) is 1. The summed E-state index contributed by atoms with van der Waals surface area (Å²) in [6.07, 6.45) is 5.94. The number of aliphatic hydroxyl groups excluding tert-OH is 1. The van der Waals surface area contributed by atoms with Gasteiger partial charge >= 0.3 is 0 Å². The molecule has 2 aliphatic carbocycles. The summed E-state index contributed by atoms with van der Waals surface area (Å²) >= 11 is 0. The van der Waals surface area contributed by atoms with Crippen LogP contribution in [0.4, 0.5) is 0 Å². The Hall–Kier alpha value is -0.340. The lowest BCUT2D eigenvalue weighted by Crippen LogP contribution is -2.32. The molecule has 1 N–H and O–H groups in total. The van der Waals surface area contributed by atoms with E-state index in [1.165, 1.54) is 6.42 Å². The summed E-state index contributed by atoms with van der Waals surface area (Å²) in [7, 11) is 4.23. The van der Waals surface area contributed by atoms with E-state index >= 15 is 0 Å². The molecule has 0 amide bonds. The van der Waals surface area contributed by atoms with Crippen molar-refractivity contribution in [3.05, 3.63) is 12.2 Å². The van der Waals surface area contributed by atoms with Crippen LogP contribution in [-0.2, 0) is 0 Å². The standard InChI is InChI=1S/C11H19NO/c1-12(2)6-10-8-3-4-9(5-8)11(10)7-13/h3-4,8-11,13H,5-7H2,1-2H3/t8-,9+,10-,11+/m0/s1. The van der Waals surface area contributed by atoms with Gasteiger partial charge in [0, 0.05) is 13.2 Å². The lowest BCUT2D eigenvalue weighted by molar-refractivity contribution is 0.143. The van der Waals surface area contributed by atoms with Gasteiger partial charge in [0.15, 0.2) is 0 Å². The molecule has 0 aromatic heterocycles. The van der Waals surface area contributed by atoms with E-state index in [1.807, 2.05) is 0 Å². The van der Waals surface area contributed by atoms with Crippen molar-refractivity contribution in [3.8, 4) is 0 Å². The van der Waals surface area contributed by atoms with Crippen LogP contribution in [0.5, 0.6) is 0 Å². The molecule has 13 heavy (non-hydrogen) atoms. The van der Waals surface area contributed by atoms with E-state index in [2.05, 4.69) is 31.1 Å². The highest BCUT2D eigenvalue weighted by molar-refractivity contribution is 5.13. The molecule has 1 fully saturated rings. The SMILES string of the molecule is CN(C)C[C@@H]1[C@H](CO)[C@@H]2C=C[C@H]1C2. The van der Waals surface area contributed by atoms with Crippen molar-refractivity contribution >= 4 is 0 Å². The van der Waals surface area contributed by atoms with E-state index in [9.17, 15) is 5.11 Å². The molecule has 0 unspecified atom stereocenters. The van der Waals surface area contributed by atoms with Crippen LogP contribution in [-0.4, -0.2) is 37.3 Å². The van der Waals surface area contributed by atoms with E-state index in [0.29, 0.717) is 24.4 Å². The van der Waals surface area contributed by atoms with E-state index in [-0.39, 0.29) is 0 Å². The van der Waals surface area contributed by atoms with Crippen LogP contribution < -0.4 is 0 Å². The molecule has 2 heteroatoms. The number of nitrogens with zero attached hydrogens (tertiary/aromatic N) is 1. The van der Waals surface area contributed by atoms with Crippen molar-refractivity contribution in [2.24, 2.45) is 23.7 Å². The first-order valence-electron chi connectivity index (χ1n) is 5.16. The Morgan fingerprint density at radius 3 is 2.38 bits per heavy atom. The molecule has 4 atom stereocenters. The van der Waals surface area contributed by atoms with Crippen LogP contribution in [0.15, 0.2) is 12.2 Å². The summed E-state index contributed by atoms with van der Waals surface area (Å²) < 4.78 is 0. The molecule has 74 valence electrons. The minimum Gasteiger partial charge on any atom is -0.396 e. The fourth-order valence-electron chi connectivity index (χ4n) is 2.99. The van der Waals surface area contributed by atoms with E-state index in [0.717, 1.165) is 12.5 Å². The molecular formula is C11H19NO. The highest BCUT2D eigenvalue weighted by Crippen LogP contribution is 2.47. The first-order valence-corrected chi connectivity index (χ1v) is 5.16. The van der Waals surface area contributed by atoms with Crippen LogP contribution in [0, 0.1) is 23.7 Å². The molecule has 0 spiro atoms. The average Bonchev–Trinajstić information content (AvgIpc) is 2.62. The highest BCUT2D eigenvalue weighted by Gasteiger charge is 2.43. The predicted molar refractivity (Wildman–Crippen MR) is 53.4 cm³/mol. The summed E-state index contributed by atoms with van der Waals surface area (Å²) in [4.78, 5) is 2.24. The Kier molecular flexibility index (Phi) is 2.43. The molecule has 2 rings (SSSR count). The minimum atomic E-state index is 0.365. The molecular weight excluding hydrogens is 162 g/mol. The zero-order valence-corrected chi connectivity index (χ0v) is 8.48. The van der Waals surface area contributed by atoms with Gasteiger partial charge in [-0.15, -0.1) is 0 Å². The summed E-state index contributed by atoms with van der Waals surface area (Å²) in [5.41, 5.74) is 0. The zero-order valence-electron chi connectivity index (χ0n) is 8.48. The van der Waals surface area contributed by atoms with Crippen molar-refractivity contribution in [1.82, 2.24) is 4.90 Å². The minimum absolute atomic E-state index is 0.365. The predicted octanol–water partition coefficient (Wildman–Crippen LogP) is 0.979. The number of fused-ring (bicyclic) bond motifs is 2. The summed E-state index contributed by atoms with van der Waals surface area (Å²) in [6, 6.07) is 0. The third-order valence-corrected chi connectivity index (χ3v) is 3.59. The zero-order chi connectivity index (χ0) is 9.42. The third-order valence-electron chi connectivity index (χ3n) is 3.59. The maximum Gasteiger partial charge on any atom is 0.0468 e. The second-order valence-electron chi connectivity index (χ2n) is 4.72. The van der Waals surface area contributed by atoms with Crippen molar-refractivity contribution in [2.75, 3.05) is 27.2 Å². The summed E-state index contributed by atoms with van der Waals surface area (Å²) in [5.74, 6) is 2.62. The van der Waals surface area contributed by atoms with Gasteiger partial charge in [0.1, 0.15) is 0 Å². The van der Waals surface area contributed by atoms with Gasteiger partial charge in [-0.2, -0.15) is 0 Å². The van der Waals surface area contributed by atoms with Gasteiger partial charge in [0.05, 0.1) is 0 Å². The van der Waals surface area contributed by atoms with Crippen LogP contribution in [0.25, 0.3) is 0 Å². The van der Waals surface area contributed by atoms with Crippen molar-refractivity contribution in [2.45, 2.75) is 6.42 Å². The third kappa shape index (κ3) is 1.53. The molecule has 2 bridgehead atoms. The van der Waals surface area contributed by atoms with Crippen LogP contribution >= 0.6 is 0 Å². The Bertz CT molecular complexity index is 212. The van der Waals surface area contributed by atoms with Gasteiger partial charge in [-0.1, -0.05) is 12.2 Å². The van der Waals surface area contributed by atoms with E-state index in [4.69, 9.17) is 0 Å². The largest absolute Gasteiger partial charge is 0.396 e. The van der Waals surface area contributed by atoms with E-state index < -0.39 is 0 Å². The lowest BCUT2D eigenvalue weighted by Gasteiger charge is -2.28. The fourth-order valence-corrected chi connectivity index (χ4v) is 2.99. The van der Waals surface area contributed by atoms with Crippen LogP contribution in [0.2, 0.25) is 0 Å². The van der Waals surface area contributed by atoms with Crippen molar-refractivity contribution < 1.29 is 5.11 Å². The first kappa shape index (κ1) is 9.22. The molecule has 0 heterocycles. The van der Waals surface area contributed by atoms with Gasteiger partial charge in [-0.05, 0) is 44.2 Å². The van der Waals surface area contributed by atoms with Gasteiger partial charge in [-0.3, -0.25) is 0 Å². The monoisotopic (exact) mass is 181 g/mol. The molecule has 2 aliphatic rings. The first-order chi connectivity index (χ1) is 6.22. The number of rotatable bonds is 3.